The second kappa shape index (κ2) is 3.83. The van der Waals surface area contributed by atoms with Gasteiger partial charge in [-0.2, -0.15) is 0 Å². The van der Waals surface area contributed by atoms with Crippen LogP contribution in [0.2, 0.25) is 0 Å². The van der Waals surface area contributed by atoms with Crippen molar-refractivity contribution in [2.24, 2.45) is 5.90 Å². The molecule has 0 aliphatic heterocycles. The van der Waals surface area contributed by atoms with Crippen molar-refractivity contribution in [3.8, 4) is 5.75 Å². The highest BCUT2D eigenvalue weighted by Crippen LogP contribution is 2.51. The monoisotopic (exact) mass is 207 g/mol. The maximum Gasteiger partial charge on any atom is 0.122 e. The lowest BCUT2D eigenvalue weighted by Gasteiger charge is -2.18. The Balaban J connectivity index is 2.37. The third-order valence-corrected chi connectivity index (χ3v) is 3.14. The SMILES string of the molecule is COc1ccc(C)cc1C1(CON)CC1. The van der Waals surface area contributed by atoms with Crippen LogP contribution in [0, 0.1) is 6.92 Å². The lowest BCUT2D eigenvalue weighted by atomic mass is 9.94. The predicted octanol–water partition coefficient (Wildman–Crippen LogP) is 1.93. The summed E-state index contributed by atoms with van der Waals surface area (Å²) in [6, 6.07) is 6.24. The van der Waals surface area contributed by atoms with Crippen LogP contribution in [0.5, 0.6) is 5.75 Å². The summed E-state index contributed by atoms with van der Waals surface area (Å²) < 4.78 is 5.38. The topological polar surface area (TPSA) is 44.5 Å². The van der Waals surface area contributed by atoms with Crippen LogP contribution in [0.25, 0.3) is 0 Å². The van der Waals surface area contributed by atoms with Crippen LogP contribution in [0.1, 0.15) is 24.0 Å². The average Bonchev–Trinajstić information content (AvgIpc) is 2.99. The molecule has 0 bridgehead atoms. The minimum absolute atomic E-state index is 0.103. The van der Waals surface area contributed by atoms with E-state index in [4.69, 9.17) is 15.5 Å². The minimum Gasteiger partial charge on any atom is -0.496 e. The Bertz CT molecular complexity index is 359. The van der Waals surface area contributed by atoms with Crippen molar-refractivity contribution in [1.82, 2.24) is 0 Å². The molecule has 15 heavy (non-hydrogen) atoms. The van der Waals surface area contributed by atoms with Crippen LogP contribution >= 0.6 is 0 Å². The number of ether oxygens (including phenoxy) is 1. The van der Waals surface area contributed by atoms with E-state index in [0.29, 0.717) is 6.61 Å². The van der Waals surface area contributed by atoms with E-state index >= 15 is 0 Å². The van der Waals surface area contributed by atoms with Crippen molar-refractivity contribution >= 4 is 0 Å². The first-order chi connectivity index (χ1) is 7.22. The molecule has 0 saturated heterocycles. The van der Waals surface area contributed by atoms with Crippen LogP contribution in [0.3, 0.4) is 0 Å². The quantitative estimate of drug-likeness (QED) is 0.767. The average molecular weight is 207 g/mol. The molecule has 0 amide bonds. The molecule has 0 spiro atoms. The van der Waals surface area contributed by atoms with E-state index in [2.05, 4.69) is 19.1 Å². The summed E-state index contributed by atoms with van der Waals surface area (Å²) in [5, 5.41) is 0. The molecule has 0 radical (unpaired) electrons. The van der Waals surface area contributed by atoms with Gasteiger partial charge in [-0.05, 0) is 25.8 Å². The number of benzene rings is 1. The van der Waals surface area contributed by atoms with Gasteiger partial charge in [-0.25, -0.2) is 5.90 Å². The van der Waals surface area contributed by atoms with E-state index in [9.17, 15) is 0 Å². The Labute approximate surface area is 90.1 Å². The third-order valence-electron chi connectivity index (χ3n) is 3.14. The van der Waals surface area contributed by atoms with Crippen LogP contribution in [-0.4, -0.2) is 13.7 Å². The van der Waals surface area contributed by atoms with E-state index in [0.717, 1.165) is 18.6 Å². The van der Waals surface area contributed by atoms with E-state index in [1.807, 2.05) is 6.07 Å². The summed E-state index contributed by atoms with van der Waals surface area (Å²) in [6.45, 7) is 2.66. The lowest BCUT2D eigenvalue weighted by Crippen LogP contribution is -2.19. The molecular weight excluding hydrogens is 190 g/mol. The molecule has 0 heterocycles. The smallest absolute Gasteiger partial charge is 0.122 e. The zero-order chi connectivity index (χ0) is 10.9. The van der Waals surface area contributed by atoms with Crippen LogP contribution in [0.4, 0.5) is 0 Å². The number of hydrogen-bond donors (Lipinski definition) is 1. The van der Waals surface area contributed by atoms with Gasteiger partial charge in [-0.15, -0.1) is 0 Å². The van der Waals surface area contributed by atoms with Crippen molar-refractivity contribution in [2.45, 2.75) is 25.2 Å². The van der Waals surface area contributed by atoms with E-state index in [1.165, 1.54) is 11.1 Å². The second-order valence-electron chi connectivity index (χ2n) is 4.30. The molecule has 1 saturated carbocycles. The number of rotatable bonds is 4. The zero-order valence-electron chi connectivity index (χ0n) is 9.25. The molecule has 2 rings (SSSR count). The number of hydrogen-bond acceptors (Lipinski definition) is 3. The summed E-state index contributed by atoms with van der Waals surface area (Å²) >= 11 is 0. The van der Waals surface area contributed by atoms with E-state index in [1.54, 1.807) is 7.11 Å². The molecule has 0 aromatic heterocycles. The highest BCUT2D eigenvalue weighted by atomic mass is 16.6. The molecule has 1 aliphatic carbocycles. The fraction of sp³-hybridized carbons (Fsp3) is 0.500. The number of methoxy groups -OCH3 is 1. The van der Waals surface area contributed by atoms with E-state index < -0.39 is 0 Å². The Kier molecular flexibility index (Phi) is 2.67. The Morgan fingerprint density at radius 2 is 2.13 bits per heavy atom. The van der Waals surface area contributed by atoms with Crippen LogP contribution < -0.4 is 10.6 Å². The van der Waals surface area contributed by atoms with Crippen LogP contribution in [-0.2, 0) is 10.3 Å². The fourth-order valence-corrected chi connectivity index (χ4v) is 2.04. The van der Waals surface area contributed by atoms with Gasteiger partial charge in [0.15, 0.2) is 0 Å². The van der Waals surface area contributed by atoms with Crippen molar-refractivity contribution in [1.29, 1.82) is 0 Å². The summed E-state index contributed by atoms with van der Waals surface area (Å²) in [7, 11) is 1.70. The largest absolute Gasteiger partial charge is 0.496 e. The minimum atomic E-state index is 0.103. The molecule has 1 fully saturated rings. The molecule has 1 aromatic carbocycles. The Hall–Kier alpha value is -1.06. The van der Waals surface area contributed by atoms with Crippen molar-refractivity contribution < 1.29 is 9.57 Å². The molecule has 3 heteroatoms. The van der Waals surface area contributed by atoms with Crippen molar-refractivity contribution in [2.75, 3.05) is 13.7 Å². The molecule has 2 N–H and O–H groups in total. The van der Waals surface area contributed by atoms with Gasteiger partial charge in [-0.1, -0.05) is 17.7 Å². The molecular formula is C12H17NO2. The maximum atomic E-state index is 5.38. The van der Waals surface area contributed by atoms with Crippen LogP contribution in [0.15, 0.2) is 18.2 Å². The highest BCUT2D eigenvalue weighted by molar-refractivity contribution is 5.45. The standard InChI is InChI=1S/C12H17NO2/c1-9-3-4-11(14-2)10(7-9)12(5-6-12)8-15-13/h3-4,7H,5-6,8,13H2,1-2H3. The molecule has 82 valence electrons. The second-order valence-corrected chi connectivity index (χ2v) is 4.30. The van der Waals surface area contributed by atoms with Gasteiger partial charge < -0.3 is 9.57 Å². The Morgan fingerprint density at radius 3 is 2.67 bits per heavy atom. The summed E-state index contributed by atoms with van der Waals surface area (Å²) in [4.78, 5) is 4.81. The first-order valence-electron chi connectivity index (χ1n) is 5.19. The molecule has 3 nitrogen and oxygen atoms in total. The molecule has 0 unspecified atom stereocenters. The van der Waals surface area contributed by atoms with E-state index in [-0.39, 0.29) is 5.41 Å². The molecule has 0 atom stereocenters. The first-order valence-corrected chi connectivity index (χ1v) is 5.19. The number of aryl methyl sites for hydroxylation is 1. The van der Waals surface area contributed by atoms with Crippen molar-refractivity contribution in [3.05, 3.63) is 29.3 Å². The van der Waals surface area contributed by atoms with Gasteiger partial charge in [0, 0.05) is 11.0 Å². The Morgan fingerprint density at radius 1 is 1.40 bits per heavy atom. The summed E-state index contributed by atoms with van der Waals surface area (Å²) in [5.41, 5.74) is 2.58. The molecule has 1 aromatic rings. The lowest BCUT2D eigenvalue weighted by molar-refractivity contribution is 0.115. The predicted molar refractivity (Wildman–Crippen MR) is 58.8 cm³/mol. The summed E-state index contributed by atoms with van der Waals surface area (Å²) in [6.07, 6.45) is 2.26. The van der Waals surface area contributed by atoms with Gasteiger partial charge in [-0.3, -0.25) is 0 Å². The van der Waals surface area contributed by atoms with Gasteiger partial charge >= 0.3 is 0 Å². The number of nitrogens with two attached hydrogens (primary N) is 1. The summed E-state index contributed by atoms with van der Waals surface area (Å²) in [5.74, 6) is 6.12. The molecule has 1 aliphatic rings. The first kappa shape index (κ1) is 10.5. The highest BCUT2D eigenvalue weighted by Gasteiger charge is 2.46. The fourth-order valence-electron chi connectivity index (χ4n) is 2.04. The van der Waals surface area contributed by atoms with Gasteiger partial charge in [0.1, 0.15) is 5.75 Å². The van der Waals surface area contributed by atoms with Gasteiger partial charge in [0.25, 0.3) is 0 Å². The normalized spacial score (nSPS) is 17.5. The van der Waals surface area contributed by atoms with Gasteiger partial charge in [0.05, 0.1) is 13.7 Å². The van der Waals surface area contributed by atoms with Crippen molar-refractivity contribution in [3.63, 3.8) is 0 Å². The maximum absolute atomic E-state index is 5.38. The zero-order valence-corrected chi connectivity index (χ0v) is 9.25. The third kappa shape index (κ3) is 1.85. The van der Waals surface area contributed by atoms with Gasteiger partial charge in [0.2, 0.25) is 0 Å².